The molecule has 1 aromatic rings. The van der Waals surface area contributed by atoms with Crippen LogP contribution in [0.25, 0.3) is 0 Å². The van der Waals surface area contributed by atoms with Gasteiger partial charge in [0.1, 0.15) is 5.82 Å². The van der Waals surface area contributed by atoms with Gasteiger partial charge in [0, 0.05) is 13.1 Å². The van der Waals surface area contributed by atoms with E-state index in [1.165, 1.54) is 13.2 Å². The minimum atomic E-state index is -0.648. The summed E-state index contributed by atoms with van der Waals surface area (Å²) in [6.07, 6.45) is 4.70. The lowest BCUT2D eigenvalue weighted by atomic mass is 9.44. The van der Waals surface area contributed by atoms with E-state index in [4.69, 9.17) is 0 Å². The zero-order valence-electron chi connectivity index (χ0n) is 13.9. The van der Waals surface area contributed by atoms with Crippen molar-refractivity contribution in [2.75, 3.05) is 20.2 Å². The van der Waals surface area contributed by atoms with Crippen LogP contribution in [0.4, 0.5) is 4.39 Å². The molecule has 0 N–H and O–H groups in total. The van der Waals surface area contributed by atoms with E-state index in [2.05, 4.69) is 4.74 Å². The number of halogens is 1. The second-order valence-electron chi connectivity index (χ2n) is 7.53. The van der Waals surface area contributed by atoms with Crippen molar-refractivity contribution in [1.82, 2.24) is 4.90 Å². The molecule has 3 aliphatic carbocycles. The number of methoxy groups -OCH3 is 1. The highest BCUT2D eigenvalue weighted by Gasteiger charge is 2.62. The Hall–Kier alpha value is -1.91. The normalized spacial score (nSPS) is 28.8. The first kappa shape index (κ1) is 15.6. The van der Waals surface area contributed by atoms with Crippen LogP contribution in [0.1, 0.15) is 53.9 Å². The Labute approximate surface area is 141 Å². The SMILES string of the molecule is COC(=O)c1cccc(C2CCN(C(=O)C34CC(C3)C4)CC2)c1F. The van der Waals surface area contributed by atoms with Crippen molar-refractivity contribution >= 4 is 11.9 Å². The lowest BCUT2D eigenvalue weighted by Crippen LogP contribution is -2.61. The van der Waals surface area contributed by atoms with Crippen molar-refractivity contribution in [2.24, 2.45) is 11.3 Å². The Morgan fingerprint density at radius 1 is 1.21 bits per heavy atom. The Bertz CT molecular complexity index is 677. The van der Waals surface area contributed by atoms with Gasteiger partial charge in [0.05, 0.1) is 18.1 Å². The van der Waals surface area contributed by atoms with Crippen molar-refractivity contribution < 1.29 is 18.7 Å². The summed E-state index contributed by atoms with van der Waals surface area (Å²) in [4.78, 5) is 26.2. The summed E-state index contributed by atoms with van der Waals surface area (Å²) in [6, 6.07) is 4.89. The van der Waals surface area contributed by atoms with Gasteiger partial charge in [-0.3, -0.25) is 4.79 Å². The highest BCUT2D eigenvalue weighted by molar-refractivity contribution is 5.90. The number of likely N-dealkylation sites (tertiary alicyclic amines) is 1. The van der Waals surface area contributed by atoms with Crippen molar-refractivity contribution in [2.45, 2.75) is 38.0 Å². The number of ether oxygens (including phenoxy) is 1. The van der Waals surface area contributed by atoms with Crippen LogP contribution in [0.5, 0.6) is 0 Å². The minimum Gasteiger partial charge on any atom is -0.465 e. The molecule has 1 aromatic carbocycles. The highest BCUT2D eigenvalue weighted by Crippen LogP contribution is 2.65. The van der Waals surface area contributed by atoms with Crippen LogP contribution in [-0.2, 0) is 9.53 Å². The summed E-state index contributed by atoms with van der Waals surface area (Å²) < 4.78 is 19.3. The molecule has 1 saturated heterocycles. The third-order valence-electron chi connectivity index (χ3n) is 6.15. The lowest BCUT2D eigenvalue weighted by molar-refractivity contribution is -0.177. The van der Waals surface area contributed by atoms with Crippen molar-refractivity contribution in [3.63, 3.8) is 0 Å². The van der Waals surface area contributed by atoms with Crippen LogP contribution < -0.4 is 0 Å². The molecule has 5 rings (SSSR count). The number of piperidine rings is 1. The second kappa shape index (κ2) is 5.57. The molecule has 2 bridgehead atoms. The number of amides is 1. The third kappa shape index (κ3) is 2.25. The summed E-state index contributed by atoms with van der Waals surface area (Å²) in [5, 5.41) is 0. The quantitative estimate of drug-likeness (QED) is 0.800. The number of hydrogen-bond acceptors (Lipinski definition) is 3. The van der Waals surface area contributed by atoms with Crippen LogP contribution in [0, 0.1) is 17.2 Å². The molecular weight excluding hydrogens is 309 g/mol. The maximum Gasteiger partial charge on any atom is 0.340 e. The molecule has 4 nitrogen and oxygen atoms in total. The second-order valence-corrected chi connectivity index (χ2v) is 7.53. The molecule has 5 heteroatoms. The fourth-order valence-corrected chi connectivity index (χ4v) is 4.60. The first-order valence-electron chi connectivity index (χ1n) is 8.70. The largest absolute Gasteiger partial charge is 0.465 e. The average molecular weight is 331 g/mol. The van der Waals surface area contributed by atoms with E-state index < -0.39 is 11.8 Å². The zero-order chi connectivity index (χ0) is 16.9. The highest BCUT2D eigenvalue weighted by atomic mass is 19.1. The van der Waals surface area contributed by atoms with Crippen molar-refractivity contribution in [3.05, 3.63) is 35.1 Å². The number of benzene rings is 1. The van der Waals surface area contributed by atoms with Gasteiger partial charge >= 0.3 is 5.97 Å². The molecule has 1 amide bonds. The van der Waals surface area contributed by atoms with E-state index in [0.29, 0.717) is 24.6 Å². The maximum absolute atomic E-state index is 14.6. The van der Waals surface area contributed by atoms with E-state index in [0.717, 1.165) is 38.0 Å². The first-order valence-corrected chi connectivity index (χ1v) is 8.70. The fraction of sp³-hybridized carbons (Fsp3) is 0.579. The van der Waals surface area contributed by atoms with Gasteiger partial charge in [0.25, 0.3) is 0 Å². The van der Waals surface area contributed by atoms with Gasteiger partial charge in [-0.15, -0.1) is 0 Å². The molecular formula is C19H22FNO3. The maximum atomic E-state index is 14.6. The fourth-order valence-electron chi connectivity index (χ4n) is 4.60. The summed E-state index contributed by atoms with van der Waals surface area (Å²) in [7, 11) is 1.25. The molecule has 0 aromatic heterocycles. The molecule has 0 atom stereocenters. The molecule has 1 heterocycles. The van der Waals surface area contributed by atoms with Crippen molar-refractivity contribution in [3.8, 4) is 0 Å². The Morgan fingerprint density at radius 3 is 2.42 bits per heavy atom. The molecule has 1 aliphatic heterocycles. The summed E-state index contributed by atoms with van der Waals surface area (Å²) in [5.74, 6) is 0.0275. The number of nitrogens with zero attached hydrogens (tertiary/aromatic N) is 1. The molecule has 3 saturated carbocycles. The van der Waals surface area contributed by atoms with Gasteiger partial charge in [0.15, 0.2) is 0 Å². The van der Waals surface area contributed by atoms with E-state index >= 15 is 0 Å². The Morgan fingerprint density at radius 2 is 1.88 bits per heavy atom. The van der Waals surface area contributed by atoms with Gasteiger partial charge in [-0.05, 0) is 55.6 Å². The molecule has 0 spiro atoms. The van der Waals surface area contributed by atoms with Crippen LogP contribution in [0.3, 0.4) is 0 Å². The monoisotopic (exact) mass is 331 g/mol. The van der Waals surface area contributed by atoms with E-state index in [1.54, 1.807) is 12.1 Å². The summed E-state index contributed by atoms with van der Waals surface area (Å²) in [6.45, 7) is 1.36. The smallest absolute Gasteiger partial charge is 0.340 e. The summed E-state index contributed by atoms with van der Waals surface area (Å²) >= 11 is 0. The molecule has 0 radical (unpaired) electrons. The van der Waals surface area contributed by atoms with Crippen LogP contribution in [0.2, 0.25) is 0 Å². The Kier molecular flexibility index (Phi) is 3.62. The number of rotatable bonds is 3. The standard InChI is InChI=1S/C19H22FNO3/c1-24-17(22)15-4-2-3-14(16(15)20)13-5-7-21(8-6-13)18(23)19-9-12(10-19)11-19/h2-4,12-13H,5-11H2,1H3. The van der Waals surface area contributed by atoms with E-state index in [1.807, 2.05) is 4.90 Å². The molecule has 0 unspecified atom stereocenters. The minimum absolute atomic E-state index is 0.0117. The van der Waals surface area contributed by atoms with Crippen LogP contribution in [0.15, 0.2) is 18.2 Å². The number of carbonyl (C=O) groups excluding carboxylic acids is 2. The zero-order valence-corrected chi connectivity index (χ0v) is 13.9. The van der Waals surface area contributed by atoms with Gasteiger partial charge in [-0.1, -0.05) is 12.1 Å². The number of hydrogen-bond donors (Lipinski definition) is 0. The van der Waals surface area contributed by atoms with Gasteiger partial charge in [0.2, 0.25) is 5.91 Å². The molecule has 128 valence electrons. The topological polar surface area (TPSA) is 46.6 Å². The van der Waals surface area contributed by atoms with E-state index in [9.17, 15) is 14.0 Å². The molecule has 24 heavy (non-hydrogen) atoms. The van der Waals surface area contributed by atoms with E-state index in [-0.39, 0.29) is 16.9 Å². The van der Waals surface area contributed by atoms with Gasteiger partial charge < -0.3 is 9.64 Å². The van der Waals surface area contributed by atoms with Gasteiger partial charge in [-0.25, -0.2) is 9.18 Å². The predicted octanol–water partition coefficient (Wildman–Crippen LogP) is 3.12. The van der Waals surface area contributed by atoms with Crippen LogP contribution >= 0.6 is 0 Å². The number of carbonyl (C=O) groups is 2. The molecule has 4 aliphatic rings. The van der Waals surface area contributed by atoms with Gasteiger partial charge in [-0.2, -0.15) is 0 Å². The third-order valence-corrected chi connectivity index (χ3v) is 6.15. The molecule has 4 fully saturated rings. The number of esters is 1. The Balaban J connectivity index is 1.44. The first-order chi connectivity index (χ1) is 11.5. The van der Waals surface area contributed by atoms with Crippen LogP contribution in [-0.4, -0.2) is 37.0 Å². The predicted molar refractivity (Wildman–Crippen MR) is 86.1 cm³/mol. The van der Waals surface area contributed by atoms with Crippen molar-refractivity contribution in [1.29, 1.82) is 0 Å². The summed E-state index contributed by atoms with van der Waals surface area (Å²) in [5.41, 5.74) is 0.519. The lowest BCUT2D eigenvalue weighted by Gasteiger charge is -2.61. The average Bonchev–Trinajstić information content (AvgIpc) is 2.51.